The highest BCUT2D eigenvalue weighted by molar-refractivity contribution is 7.99. The summed E-state index contributed by atoms with van der Waals surface area (Å²) in [5.74, 6) is 1.55. The van der Waals surface area contributed by atoms with Gasteiger partial charge in [0.2, 0.25) is 0 Å². The minimum Gasteiger partial charge on any atom is -0.487 e. The summed E-state index contributed by atoms with van der Waals surface area (Å²) >= 11 is 1.78. The Labute approximate surface area is 128 Å². The van der Waals surface area contributed by atoms with Crippen LogP contribution in [0.5, 0.6) is 5.75 Å². The van der Waals surface area contributed by atoms with Crippen molar-refractivity contribution in [2.75, 3.05) is 5.75 Å². The van der Waals surface area contributed by atoms with Crippen molar-refractivity contribution in [3.8, 4) is 5.75 Å². The highest BCUT2D eigenvalue weighted by atomic mass is 32.2. The number of aryl methyl sites for hydroxylation is 1. The second-order valence-corrected chi connectivity index (χ2v) is 6.41. The van der Waals surface area contributed by atoms with Crippen molar-refractivity contribution in [2.24, 2.45) is 5.73 Å². The number of nitrogens with two attached hydrogens (primary N) is 1. The molecule has 0 saturated heterocycles. The van der Waals surface area contributed by atoms with Gasteiger partial charge < -0.3 is 10.5 Å². The molecule has 1 heterocycles. The van der Waals surface area contributed by atoms with Crippen LogP contribution < -0.4 is 10.5 Å². The Bertz CT molecular complexity index is 646. The van der Waals surface area contributed by atoms with Gasteiger partial charge in [-0.15, -0.1) is 11.8 Å². The van der Waals surface area contributed by atoms with Crippen molar-refractivity contribution < 1.29 is 9.13 Å². The predicted molar refractivity (Wildman–Crippen MR) is 84.4 cm³/mol. The van der Waals surface area contributed by atoms with Crippen molar-refractivity contribution >= 4 is 11.8 Å². The van der Waals surface area contributed by atoms with Gasteiger partial charge in [-0.25, -0.2) is 4.39 Å². The molecule has 0 saturated carbocycles. The van der Waals surface area contributed by atoms with E-state index in [1.54, 1.807) is 17.8 Å². The third-order valence-electron chi connectivity index (χ3n) is 3.77. The molecule has 2 unspecified atom stereocenters. The standard InChI is InChI=1S/C17H18FNOS/c1-11-8-13(18)7-6-12(11)9-14(19)16-10-21-17-5-3-2-4-15(17)20-16/h2-8,14,16H,9-10,19H2,1H3. The number of thioether (sulfide) groups is 1. The van der Waals surface area contributed by atoms with Gasteiger partial charge in [-0.2, -0.15) is 0 Å². The quantitative estimate of drug-likeness (QED) is 0.941. The Morgan fingerprint density at radius 2 is 2.14 bits per heavy atom. The van der Waals surface area contributed by atoms with Crippen molar-refractivity contribution in [1.82, 2.24) is 0 Å². The highest BCUT2D eigenvalue weighted by Crippen LogP contribution is 2.35. The second-order valence-electron chi connectivity index (χ2n) is 5.35. The van der Waals surface area contributed by atoms with Gasteiger partial charge in [0, 0.05) is 16.7 Å². The summed E-state index contributed by atoms with van der Waals surface area (Å²) in [6.45, 7) is 1.91. The van der Waals surface area contributed by atoms with Crippen LogP contribution in [0, 0.1) is 12.7 Å². The lowest BCUT2D eigenvalue weighted by Gasteiger charge is -2.30. The molecule has 0 bridgehead atoms. The summed E-state index contributed by atoms with van der Waals surface area (Å²) in [5, 5.41) is 0. The fourth-order valence-corrected chi connectivity index (χ4v) is 3.61. The minimum absolute atomic E-state index is 0.0191. The van der Waals surface area contributed by atoms with Gasteiger partial charge in [-0.1, -0.05) is 18.2 Å². The number of benzene rings is 2. The third-order valence-corrected chi connectivity index (χ3v) is 4.91. The fourth-order valence-electron chi connectivity index (χ4n) is 2.52. The molecule has 0 spiro atoms. The monoisotopic (exact) mass is 303 g/mol. The Morgan fingerprint density at radius 3 is 2.95 bits per heavy atom. The van der Waals surface area contributed by atoms with Crippen LogP contribution in [0.1, 0.15) is 11.1 Å². The van der Waals surface area contributed by atoms with E-state index in [2.05, 4.69) is 6.07 Å². The van der Waals surface area contributed by atoms with Gasteiger partial charge in [0.1, 0.15) is 17.7 Å². The smallest absolute Gasteiger partial charge is 0.133 e. The van der Waals surface area contributed by atoms with Crippen LogP contribution >= 0.6 is 11.8 Å². The average molecular weight is 303 g/mol. The van der Waals surface area contributed by atoms with Crippen LogP contribution in [0.25, 0.3) is 0 Å². The van der Waals surface area contributed by atoms with Crippen LogP contribution in [0.15, 0.2) is 47.4 Å². The normalized spacial score (nSPS) is 18.7. The van der Waals surface area contributed by atoms with E-state index < -0.39 is 0 Å². The molecular formula is C17H18FNOS. The van der Waals surface area contributed by atoms with Crippen LogP contribution in [0.2, 0.25) is 0 Å². The largest absolute Gasteiger partial charge is 0.487 e. The topological polar surface area (TPSA) is 35.2 Å². The number of fused-ring (bicyclic) bond motifs is 1. The lowest BCUT2D eigenvalue weighted by Crippen LogP contribution is -2.43. The van der Waals surface area contributed by atoms with Gasteiger partial charge in [-0.3, -0.25) is 0 Å². The minimum atomic E-state index is -0.205. The molecule has 2 N–H and O–H groups in total. The highest BCUT2D eigenvalue weighted by Gasteiger charge is 2.26. The first kappa shape index (κ1) is 14.4. The molecule has 4 heteroatoms. The van der Waals surface area contributed by atoms with E-state index >= 15 is 0 Å². The molecule has 0 amide bonds. The van der Waals surface area contributed by atoms with Crippen LogP contribution in [0.3, 0.4) is 0 Å². The van der Waals surface area contributed by atoms with Crippen molar-refractivity contribution in [3.05, 3.63) is 59.4 Å². The van der Waals surface area contributed by atoms with Gasteiger partial charge in [0.25, 0.3) is 0 Å². The number of para-hydroxylation sites is 1. The number of hydrogen-bond acceptors (Lipinski definition) is 3. The van der Waals surface area contributed by atoms with Crippen LogP contribution in [-0.4, -0.2) is 17.9 Å². The molecule has 2 atom stereocenters. The van der Waals surface area contributed by atoms with Crippen molar-refractivity contribution in [1.29, 1.82) is 0 Å². The fraction of sp³-hybridized carbons (Fsp3) is 0.294. The Morgan fingerprint density at radius 1 is 1.33 bits per heavy atom. The first-order valence-corrected chi connectivity index (χ1v) is 8.01. The Hall–Kier alpha value is -1.52. The van der Waals surface area contributed by atoms with Crippen molar-refractivity contribution in [3.63, 3.8) is 0 Å². The molecule has 2 nitrogen and oxygen atoms in total. The number of hydrogen-bond donors (Lipinski definition) is 1. The lowest BCUT2D eigenvalue weighted by molar-refractivity contribution is 0.184. The molecule has 1 aliphatic rings. The first-order chi connectivity index (χ1) is 10.1. The SMILES string of the molecule is Cc1cc(F)ccc1CC(N)C1CSc2ccccc2O1. The van der Waals surface area contributed by atoms with Gasteiger partial charge in [0.15, 0.2) is 0 Å². The Balaban J connectivity index is 1.70. The molecule has 0 aliphatic carbocycles. The van der Waals surface area contributed by atoms with E-state index in [1.807, 2.05) is 31.2 Å². The maximum absolute atomic E-state index is 13.1. The summed E-state index contributed by atoms with van der Waals surface area (Å²) in [4.78, 5) is 1.17. The zero-order chi connectivity index (χ0) is 14.8. The molecule has 3 rings (SSSR count). The molecule has 21 heavy (non-hydrogen) atoms. The van der Waals surface area contributed by atoms with Gasteiger partial charge in [-0.05, 0) is 48.7 Å². The molecule has 110 valence electrons. The van der Waals surface area contributed by atoms with E-state index in [0.29, 0.717) is 6.42 Å². The zero-order valence-corrected chi connectivity index (χ0v) is 12.7. The molecule has 0 aromatic heterocycles. The Kier molecular flexibility index (Phi) is 4.17. The molecular weight excluding hydrogens is 285 g/mol. The predicted octanol–water partition coefficient (Wildman–Crippen LogP) is 3.56. The van der Waals surface area contributed by atoms with E-state index in [1.165, 1.54) is 11.0 Å². The van der Waals surface area contributed by atoms with Crippen LogP contribution in [-0.2, 0) is 6.42 Å². The van der Waals surface area contributed by atoms with E-state index in [9.17, 15) is 4.39 Å². The molecule has 0 fully saturated rings. The van der Waals surface area contributed by atoms with Gasteiger partial charge in [0.05, 0.1) is 0 Å². The summed E-state index contributed by atoms with van der Waals surface area (Å²) in [6.07, 6.45) is 0.675. The summed E-state index contributed by atoms with van der Waals surface area (Å²) in [7, 11) is 0. The number of rotatable bonds is 3. The molecule has 0 radical (unpaired) electrons. The number of ether oxygens (including phenoxy) is 1. The molecule has 2 aromatic rings. The average Bonchev–Trinajstić information content (AvgIpc) is 2.49. The van der Waals surface area contributed by atoms with Gasteiger partial charge >= 0.3 is 0 Å². The summed E-state index contributed by atoms with van der Waals surface area (Å²) in [6, 6.07) is 12.8. The van der Waals surface area contributed by atoms with E-state index in [4.69, 9.17) is 10.5 Å². The van der Waals surface area contributed by atoms with E-state index in [0.717, 1.165) is 22.6 Å². The third kappa shape index (κ3) is 3.22. The first-order valence-electron chi connectivity index (χ1n) is 7.02. The molecule has 1 aliphatic heterocycles. The lowest BCUT2D eigenvalue weighted by atomic mass is 9.98. The van der Waals surface area contributed by atoms with Crippen molar-refractivity contribution in [2.45, 2.75) is 30.4 Å². The second kappa shape index (κ2) is 6.08. The number of halogens is 1. The summed E-state index contributed by atoms with van der Waals surface area (Å²) in [5.41, 5.74) is 8.33. The maximum Gasteiger partial charge on any atom is 0.133 e. The molecule has 2 aromatic carbocycles. The van der Waals surface area contributed by atoms with E-state index in [-0.39, 0.29) is 18.0 Å². The summed E-state index contributed by atoms with van der Waals surface area (Å²) < 4.78 is 19.2. The zero-order valence-electron chi connectivity index (χ0n) is 11.9. The maximum atomic E-state index is 13.1. The van der Waals surface area contributed by atoms with Crippen LogP contribution in [0.4, 0.5) is 4.39 Å².